The van der Waals surface area contributed by atoms with E-state index in [9.17, 15) is 44.7 Å². The first kappa shape index (κ1) is 38.7. The molecule has 0 bridgehead atoms. The van der Waals surface area contributed by atoms with Crippen molar-refractivity contribution in [2.75, 3.05) is 0 Å². The number of hydrogen-bond donors (Lipinski definition) is 7. The molecule has 3 aliphatic rings. The number of aromatic hydroxyl groups is 1. The van der Waals surface area contributed by atoms with Gasteiger partial charge in [0.15, 0.2) is 17.9 Å². The van der Waals surface area contributed by atoms with E-state index in [1.54, 1.807) is 18.2 Å². The zero-order valence-corrected chi connectivity index (χ0v) is 30.4. The maximum absolute atomic E-state index is 15.0. The Balaban J connectivity index is 1.47. The first-order valence-corrected chi connectivity index (χ1v) is 18.0. The van der Waals surface area contributed by atoms with E-state index in [4.69, 9.17) is 25.7 Å². The second-order valence-electron chi connectivity index (χ2n) is 14.1. The van der Waals surface area contributed by atoms with Gasteiger partial charge in [-0.1, -0.05) is 48.5 Å². The number of phenols is 1. The molecule has 1 aliphatic heterocycles. The summed E-state index contributed by atoms with van der Waals surface area (Å²) in [7, 11) is 0. The standard InChI is InChI=1S/C42H40N2O12/c1-18-35(48)39(52)40(53)42(54-18)56-29-15-27-33(36(49)26(29)13-22-8-5-9-25(41(43)44)28(22)17-46)38(51)32-24(16-45)14-30(55-19(2)47)31(34(32)37(27)50)23-11-10-20-6-3-4-7-21(20)12-23/h3-9,12,14-15,17-18,35,39-42,45,48-49,52-53H,10-11,13,16,43-44H2,1-2H3/t18-,35-,39-,40-,42-/m1/s1. The molecule has 56 heavy (non-hydrogen) atoms. The van der Waals surface area contributed by atoms with Crippen LogP contribution in [0.15, 0.2) is 54.6 Å². The van der Waals surface area contributed by atoms with Crippen LogP contribution in [-0.4, -0.2) is 80.1 Å². The van der Waals surface area contributed by atoms with Gasteiger partial charge in [-0.3, -0.25) is 19.2 Å². The summed E-state index contributed by atoms with van der Waals surface area (Å²) < 4.78 is 17.4. The molecule has 290 valence electrons. The highest BCUT2D eigenvalue weighted by molar-refractivity contribution is 6.31. The van der Waals surface area contributed by atoms with Crippen LogP contribution in [-0.2, 0) is 29.0 Å². The lowest BCUT2D eigenvalue weighted by molar-refractivity contribution is -0.268. The second kappa shape index (κ2) is 15.2. The number of fused-ring (bicyclic) bond motifs is 3. The molecule has 0 aromatic heterocycles. The molecule has 0 spiro atoms. The summed E-state index contributed by atoms with van der Waals surface area (Å²) in [5, 5.41) is 54.5. The van der Waals surface area contributed by atoms with Gasteiger partial charge in [0.25, 0.3) is 0 Å². The number of aldehydes is 1. The fourth-order valence-electron chi connectivity index (χ4n) is 7.78. The Labute approximate surface area is 320 Å². The molecule has 5 atom stereocenters. The Morgan fingerprint density at radius 3 is 2.36 bits per heavy atom. The number of ether oxygens (including phenoxy) is 3. The van der Waals surface area contributed by atoms with Crippen LogP contribution in [0.25, 0.3) is 11.6 Å². The number of nitrogens with two attached hydrogens (primary N) is 2. The van der Waals surface area contributed by atoms with Crippen molar-refractivity contribution in [3.05, 3.63) is 121 Å². The number of phenolic OH excluding ortho intramolecular Hbond substituents is 1. The van der Waals surface area contributed by atoms with E-state index in [0.717, 1.165) is 11.1 Å². The van der Waals surface area contributed by atoms with Crippen molar-refractivity contribution in [3.63, 3.8) is 0 Å². The van der Waals surface area contributed by atoms with Crippen molar-refractivity contribution < 1.29 is 58.9 Å². The Morgan fingerprint density at radius 2 is 1.66 bits per heavy atom. The van der Waals surface area contributed by atoms with Gasteiger partial charge >= 0.3 is 5.97 Å². The number of esters is 1. The summed E-state index contributed by atoms with van der Waals surface area (Å²) in [5.41, 5.74) is 14.0. The highest BCUT2D eigenvalue weighted by Gasteiger charge is 2.45. The van der Waals surface area contributed by atoms with E-state index in [1.165, 1.54) is 26.0 Å². The monoisotopic (exact) mass is 764 g/mol. The van der Waals surface area contributed by atoms with E-state index in [2.05, 4.69) is 0 Å². The smallest absolute Gasteiger partial charge is 0.308 e. The minimum absolute atomic E-state index is 0.0322. The largest absolute Gasteiger partial charge is 0.507 e. The Morgan fingerprint density at radius 1 is 0.911 bits per heavy atom. The van der Waals surface area contributed by atoms with Gasteiger partial charge in [0.2, 0.25) is 6.29 Å². The number of aliphatic hydroxyl groups is 4. The Bertz CT molecular complexity index is 2330. The van der Waals surface area contributed by atoms with E-state index < -0.39 is 72.3 Å². The molecule has 1 saturated heterocycles. The number of aryl methyl sites for hydroxylation is 1. The quantitative estimate of drug-likeness (QED) is 0.0494. The van der Waals surface area contributed by atoms with E-state index in [0.29, 0.717) is 30.3 Å². The summed E-state index contributed by atoms with van der Waals surface area (Å²) in [6, 6.07) is 14.9. The lowest BCUT2D eigenvalue weighted by Gasteiger charge is -2.39. The van der Waals surface area contributed by atoms with Gasteiger partial charge in [-0.05, 0) is 65.3 Å². The average molecular weight is 765 g/mol. The normalized spacial score (nSPS) is 21.5. The molecule has 14 heteroatoms. The first-order chi connectivity index (χ1) is 26.7. The Hall–Kier alpha value is -5.58. The maximum atomic E-state index is 15.0. The van der Waals surface area contributed by atoms with Gasteiger partial charge in [-0.2, -0.15) is 0 Å². The molecular formula is C42H40N2O12. The lowest BCUT2D eigenvalue weighted by Crippen LogP contribution is -2.58. The summed E-state index contributed by atoms with van der Waals surface area (Å²) >= 11 is 0. The maximum Gasteiger partial charge on any atom is 0.308 e. The van der Waals surface area contributed by atoms with Gasteiger partial charge in [0, 0.05) is 46.7 Å². The average Bonchev–Trinajstić information content (AvgIpc) is 3.18. The van der Waals surface area contributed by atoms with E-state index >= 15 is 0 Å². The molecular weight excluding hydrogens is 724 g/mol. The fourth-order valence-corrected chi connectivity index (χ4v) is 7.78. The summed E-state index contributed by atoms with van der Waals surface area (Å²) in [6.07, 6.45) is -5.63. The number of rotatable bonds is 9. The molecule has 7 rings (SSSR count). The third-order valence-electron chi connectivity index (χ3n) is 10.6. The SMILES string of the molecule is CC(=O)Oc1cc(CO)c2c(c1C1=Cc3ccccc3CC1)C(=O)c1cc(O[C@H]3O[C@H](C)[C@@H](O)[C@@H](O)[C@H]3O)c(Cc3cccc(C(N)N)c3C=O)c(O)c1C2=O. The molecule has 2 aliphatic carbocycles. The molecule has 14 nitrogen and oxygen atoms in total. The van der Waals surface area contributed by atoms with Crippen LogP contribution in [0.4, 0.5) is 0 Å². The molecule has 1 heterocycles. The van der Waals surface area contributed by atoms with Crippen LogP contribution in [0.3, 0.4) is 0 Å². The van der Waals surface area contributed by atoms with Crippen LogP contribution in [0.1, 0.15) is 108 Å². The summed E-state index contributed by atoms with van der Waals surface area (Å²) in [6.45, 7) is 1.89. The van der Waals surface area contributed by atoms with E-state index in [-0.39, 0.29) is 62.4 Å². The number of allylic oxidation sites excluding steroid dienone is 1. The number of hydrogen-bond acceptors (Lipinski definition) is 14. The van der Waals surface area contributed by atoms with Gasteiger partial charge in [0.1, 0.15) is 35.6 Å². The number of carbonyl (C=O) groups is 4. The number of ketones is 2. The fraction of sp³-hybridized carbons (Fsp3) is 0.286. The van der Waals surface area contributed by atoms with Crippen molar-refractivity contribution >= 4 is 35.5 Å². The summed E-state index contributed by atoms with van der Waals surface area (Å²) in [5.74, 6) is -3.34. The molecule has 0 saturated carbocycles. The van der Waals surface area contributed by atoms with Crippen LogP contribution >= 0.6 is 0 Å². The molecule has 9 N–H and O–H groups in total. The van der Waals surface area contributed by atoms with Crippen LogP contribution in [0.5, 0.6) is 17.2 Å². The minimum atomic E-state index is -1.81. The highest BCUT2D eigenvalue weighted by atomic mass is 16.7. The van der Waals surface area contributed by atoms with Gasteiger partial charge < -0.3 is 51.2 Å². The van der Waals surface area contributed by atoms with Crippen molar-refractivity contribution in [2.24, 2.45) is 11.5 Å². The van der Waals surface area contributed by atoms with Crippen molar-refractivity contribution in [3.8, 4) is 17.2 Å². The van der Waals surface area contributed by atoms with Crippen LogP contribution < -0.4 is 20.9 Å². The zero-order valence-electron chi connectivity index (χ0n) is 30.4. The van der Waals surface area contributed by atoms with Crippen molar-refractivity contribution in [2.45, 2.75) is 76.6 Å². The van der Waals surface area contributed by atoms with Gasteiger partial charge in [-0.15, -0.1) is 0 Å². The molecule has 1 fully saturated rings. The Kier molecular flexibility index (Phi) is 10.5. The van der Waals surface area contributed by atoms with Crippen LogP contribution in [0, 0.1) is 0 Å². The zero-order chi connectivity index (χ0) is 40.2. The third-order valence-corrected chi connectivity index (χ3v) is 10.6. The predicted molar refractivity (Wildman–Crippen MR) is 200 cm³/mol. The van der Waals surface area contributed by atoms with Gasteiger partial charge in [-0.25, -0.2) is 0 Å². The van der Waals surface area contributed by atoms with Crippen LogP contribution in [0.2, 0.25) is 0 Å². The molecule has 4 aromatic rings. The number of aliphatic hydroxyl groups excluding tert-OH is 4. The predicted octanol–water partition coefficient (Wildman–Crippen LogP) is 2.60. The molecule has 0 radical (unpaired) electrons. The molecule has 0 amide bonds. The number of carbonyl (C=O) groups excluding carboxylic acids is 4. The molecule has 4 aromatic carbocycles. The minimum Gasteiger partial charge on any atom is -0.507 e. The molecule has 0 unspecified atom stereocenters. The lowest BCUT2D eigenvalue weighted by atomic mass is 9.75. The first-order valence-electron chi connectivity index (χ1n) is 18.0. The summed E-state index contributed by atoms with van der Waals surface area (Å²) in [4.78, 5) is 54.5. The number of benzene rings is 4. The van der Waals surface area contributed by atoms with Crippen molar-refractivity contribution in [1.82, 2.24) is 0 Å². The van der Waals surface area contributed by atoms with E-state index in [1.807, 2.05) is 30.3 Å². The topological polar surface area (TPSA) is 249 Å². The second-order valence-corrected chi connectivity index (χ2v) is 14.1. The highest BCUT2D eigenvalue weighted by Crippen LogP contribution is 2.47. The van der Waals surface area contributed by atoms with Crippen molar-refractivity contribution in [1.29, 1.82) is 0 Å². The third kappa shape index (κ3) is 6.60. The van der Waals surface area contributed by atoms with Gasteiger partial charge in [0.05, 0.1) is 24.4 Å².